The van der Waals surface area contributed by atoms with Gasteiger partial charge < -0.3 is 10.0 Å². The molecule has 0 saturated carbocycles. The Morgan fingerprint density at radius 3 is 2.62 bits per heavy atom. The number of rotatable bonds is 7. The topological polar surface area (TPSA) is 88.3 Å². The van der Waals surface area contributed by atoms with Crippen LogP contribution in [0.15, 0.2) is 30.9 Å². The molecule has 0 unspecified atom stereocenters. The number of carbonyl (C=O) groups is 2. The van der Waals surface area contributed by atoms with Crippen molar-refractivity contribution in [2.24, 2.45) is 5.92 Å². The normalized spacial score (nSPS) is 10.8. The van der Waals surface area contributed by atoms with E-state index in [4.69, 9.17) is 5.11 Å². The molecule has 0 bridgehead atoms. The molecule has 0 fully saturated rings. The van der Waals surface area contributed by atoms with E-state index in [0.717, 1.165) is 11.3 Å². The van der Waals surface area contributed by atoms with E-state index in [9.17, 15) is 9.59 Å². The van der Waals surface area contributed by atoms with Crippen molar-refractivity contribution in [1.82, 2.24) is 19.7 Å². The second-order valence-corrected chi connectivity index (χ2v) is 6.13. The van der Waals surface area contributed by atoms with Gasteiger partial charge in [-0.3, -0.25) is 9.59 Å². The number of carbonyl (C=O) groups excluding carboxylic acids is 1. The summed E-state index contributed by atoms with van der Waals surface area (Å²) in [4.78, 5) is 29.2. The molecule has 128 valence electrons. The predicted octanol–water partition coefficient (Wildman–Crippen LogP) is 2.15. The second-order valence-electron chi connectivity index (χ2n) is 6.13. The summed E-state index contributed by atoms with van der Waals surface area (Å²) >= 11 is 0. The fraction of sp³-hybridized carbons (Fsp3) is 0.412. The highest BCUT2D eigenvalue weighted by molar-refractivity contribution is 5.96. The molecular weight excluding hydrogens is 308 g/mol. The molecule has 1 aromatic carbocycles. The fourth-order valence-electron chi connectivity index (χ4n) is 2.49. The van der Waals surface area contributed by atoms with Gasteiger partial charge in [-0.1, -0.05) is 13.8 Å². The molecule has 2 aromatic rings. The first-order chi connectivity index (χ1) is 11.4. The van der Waals surface area contributed by atoms with Crippen LogP contribution in [0.1, 0.15) is 36.2 Å². The van der Waals surface area contributed by atoms with Crippen LogP contribution in [0.3, 0.4) is 0 Å². The first-order valence-corrected chi connectivity index (χ1v) is 7.85. The lowest BCUT2D eigenvalue weighted by molar-refractivity contribution is -0.137. The SMILES string of the molecule is Cc1cc(-n2cncn2)ccc1C(=O)N(CCC(=O)O)CC(C)C. The third-order valence-corrected chi connectivity index (χ3v) is 3.59. The third-order valence-electron chi connectivity index (χ3n) is 3.59. The zero-order valence-electron chi connectivity index (χ0n) is 14.1. The van der Waals surface area contributed by atoms with E-state index in [1.54, 1.807) is 28.0 Å². The Balaban J connectivity index is 2.23. The smallest absolute Gasteiger partial charge is 0.305 e. The van der Waals surface area contributed by atoms with Crippen molar-refractivity contribution in [2.75, 3.05) is 13.1 Å². The van der Waals surface area contributed by atoms with Gasteiger partial charge >= 0.3 is 5.97 Å². The molecular formula is C17H22N4O3. The van der Waals surface area contributed by atoms with Gasteiger partial charge in [0, 0.05) is 18.7 Å². The maximum Gasteiger partial charge on any atom is 0.305 e. The van der Waals surface area contributed by atoms with Crippen molar-refractivity contribution in [2.45, 2.75) is 27.2 Å². The lowest BCUT2D eigenvalue weighted by Crippen LogP contribution is -2.36. The number of nitrogens with zero attached hydrogens (tertiary/aromatic N) is 4. The van der Waals surface area contributed by atoms with Crippen molar-refractivity contribution in [3.8, 4) is 5.69 Å². The lowest BCUT2D eigenvalue weighted by Gasteiger charge is -2.25. The Kier molecular flexibility index (Phi) is 5.68. The number of aromatic nitrogens is 3. The van der Waals surface area contributed by atoms with Crippen LogP contribution in [0.5, 0.6) is 0 Å². The van der Waals surface area contributed by atoms with Gasteiger partial charge in [-0.15, -0.1) is 0 Å². The third kappa shape index (κ3) is 4.41. The van der Waals surface area contributed by atoms with E-state index in [-0.39, 0.29) is 24.8 Å². The molecule has 1 aromatic heterocycles. The molecule has 0 radical (unpaired) electrons. The zero-order valence-corrected chi connectivity index (χ0v) is 14.1. The minimum absolute atomic E-state index is 0.0610. The summed E-state index contributed by atoms with van der Waals surface area (Å²) in [6, 6.07) is 5.43. The standard InChI is InChI=1S/C17H22N4O3/c1-12(2)9-20(7-6-16(22)23)17(24)15-5-4-14(8-13(15)3)21-11-18-10-19-21/h4-5,8,10-12H,6-7,9H2,1-3H3,(H,22,23). The molecule has 0 aliphatic rings. The predicted molar refractivity (Wildman–Crippen MR) is 89.1 cm³/mol. The average Bonchev–Trinajstić information content (AvgIpc) is 3.04. The Morgan fingerprint density at radius 1 is 1.33 bits per heavy atom. The lowest BCUT2D eigenvalue weighted by atomic mass is 10.1. The maximum atomic E-state index is 12.8. The molecule has 0 aliphatic heterocycles. The number of amides is 1. The number of aryl methyl sites for hydroxylation is 1. The minimum atomic E-state index is -0.908. The number of carboxylic acid groups (broad SMARTS) is 1. The Hall–Kier alpha value is -2.70. The molecule has 1 amide bonds. The fourth-order valence-corrected chi connectivity index (χ4v) is 2.49. The molecule has 7 heteroatoms. The number of carboxylic acids is 1. The van der Waals surface area contributed by atoms with E-state index < -0.39 is 5.97 Å². The summed E-state index contributed by atoms with van der Waals surface area (Å²) in [6.07, 6.45) is 2.98. The quantitative estimate of drug-likeness (QED) is 0.840. The van der Waals surface area contributed by atoms with Gasteiger partial charge in [-0.25, -0.2) is 9.67 Å². The summed E-state index contributed by atoms with van der Waals surface area (Å²) in [7, 11) is 0. The highest BCUT2D eigenvalue weighted by Crippen LogP contribution is 2.17. The Bertz CT molecular complexity index is 711. The number of hydrogen-bond acceptors (Lipinski definition) is 4. The van der Waals surface area contributed by atoms with Gasteiger partial charge in [0.25, 0.3) is 5.91 Å². The monoisotopic (exact) mass is 330 g/mol. The molecule has 1 N–H and O–H groups in total. The summed E-state index contributed by atoms with van der Waals surface area (Å²) in [5.74, 6) is -0.792. The zero-order chi connectivity index (χ0) is 17.7. The first kappa shape index (κ1) is 17.7. The minimum Gasteiger partial charge on any atom is -0.481 e. The van der Waals surface area contributed by atoms with Gasteiger partial charge in [0.2, 0.25) is 0 Å². The summed E-state index contributed by atoms with van der Waals surface area (Å²) in [5.41, 5.74) is 2.21. The van der Waals surface area contributed by atoms with Crippen LogP contribution in [-0.2, 0) is 4.79 Å². The summed E-state index contributed by atoms with van der Waals surface area (Å²) in [5, 5.41) is 13.0. The van der Waals surface area contributed by atoms with E-state index in [1.165, 1.54) is 6.33 Å². The molecule has 0 saturated heterocycles. The van der Waals surface area contributed by atoms with Gasteiger partial charge in [0.1, 0.15) is 12.7 Å². The highest BCUT2D eigenvalue weighted by Gasteiger charge is 2.19. The van der Waals surface area contributed by atoms with Crippen LogP contribution in [0.25, 0.3) is 5.69 Å². The molecule has 0 spiro atoms. The van der Waals surface area contributed by atoms with Crippen molar-refractivity contribution >= 4 is 11.9 Å². The van der Waals surface area contributed by atoms with E-state index in [0.29, 0.717) is 12.1 Å². The summed E-state index contributed by atoms with van der Waals surface area (Å²) in [6.45, 7) is 6.59. The Labute approximate surface area is 140 Å². The molecule has 7 nitrogen and oxygen atoms in total. The van der Waals surface area contributed by atoms with E-state index >= 15 is 0 Å². The van der Waals surface area contributed by atoms with Crippen LogP contribution in [0.4, 0.5) is 0 Å². The van der Waals surface area contributed by atoms with Crippen molar-refractivity contribution < 1.29 is 14.7 Å². The van der Waals surface area contributed by atoms with E-state index in [1.807, 2.05) is 26.8 Å². The number of hydrogen-bond donors (Lipinski definition) is 1. The van der Waals surface area contributed by atoms with Crippen LogP contribution in [0, 0.1) is 12.8 Å². The molecule has 2 rings (SSSR count). The Morgan fingerprint density at radius 2 is 2.08 bits per heavy atom. The van der Waals surface area contributed by atoms with Crippen molar-refractivity contribution in [1.29, 1.82) is 0 Å². The van der Waals surface area contributed by atoms with Crippen molar-refractivity contribution in [3.05, 3.63) is 42.0 Å². The number of benzene rings is 1. The van der Waals surface area contributed by atoms with Crippen LogP contribution in [0.2, 0.25) is 0 Å². The van der Waals surface area contributed by atoms with Gasteiger partial charge in [0.05, 0.1) is 12.1 Å². The van der Waals surface area contributed by atoms with Crippen LogP contribution < -0.4 is 0 Å². The van der Waals surface area contributed by atoms with Crippen molar-refractivity contribution in [3.63, 3.8) is 0 Å². The largest absolute Gasteiger partial charge is 0.481 e. The molecule has 1 heterocycles. The number of aliphatic carboxylic acids is 1. The summed E-state index contributed by atoms with van der Waals surface area (Å²) < 4.78 is 1.62. The van der Waals surface area contributed by atoms with Gasteiger partial charge in [-0.05, 0) is 36.6 Å². The van der Waals surface area contributed by atoms with E-state index in [2.05, 4.69) is 10.1 Å². The molecule has 24 heavy (non-hydrogen) atoms. The second kappa shape index (κ2) is 7.72. The van der Waals surface area contributed by atoms with Crippen LogP contribution >= 0.6 is 0 Å². The van der Waals surface area contributed by atoms with Gasteiger partial charge in [-0.2, -0.15) is 5.10 Å². The first-order valence-electron chi connectivity index (χ1n) is 7.85. The molecule has 0 atom stereocenters. The maximum absolute atomic E-state index is 12.8. The highest BCUT2D eigenvalue weighted by atomic mass is 16.4. The van der Waals surface area contributed by atoms with Gasteiger partial charge in [0.15, 0.2) is 0 Å². The van der Waals surface area contributed by atoms with Crippen LogP contribution in [-0.4, -0.2) is 49.7 Å². The average molecular weight is 330 g/mol. The molecule has 0 aliphatic carbocycles.